The van der Waals surface area contributed by atoms with Crippen molar-refractivity contribution in [1.29, 1.82) is 0 Å². The second-order valence-electron chi connectivity index (χ2n) is 8.62. The molecule has 1 amide bonds. The summed E-state index contributed by atoms with van der Waals surface area (Å²) in [7, 11) is 0. The Morgan fingerprint density at radius 3 is 2.40 bits per heavy atom. The van der Waals surface area contributed by atoms with Crippen LogP contribution >= 0.6 is 11.8 Å². The highest BCUT2D eigenvalue weighted by atomic mass is 32.2. The van der Waals surface area contributed by atoms with Crippen LogP contribution < -0.4 is 5.32 Å². The zero-order valence-electron chi connectivity index (χ0n) is 18.4. The first-order valence-electron chi connectivity index (χ1n) is 10.1. The lowest BCUT2D eigenvalue weighted by Crippen LogP contribution is -2.28. The van der Waals surface area contributed by atoms with Gasteiger partial charge in [-0.15, -0.1) is 10.2 Å². The Balaban J connectivity index is 1.56. The number of benzene rings is 2. The molecule has 0 saturated carbocycles. The maximum atomic E-state index is 12.3. The van der Waals surface area contributed by atoms with Gasteiger partial charge < -0.3 is 9.73 Å². The maximum absolute atomic E-state index is 12.3. The number of nitrogens with one attached hydrogen (secondary N) is 1. The number of carbonyl (C=O) groups excluding carboxylic acids is 1. The van der Waals surface area contributed by atoms with Gasteiger partial charge in [0.1, 0.15) is 0 Å². The molecule has 1 aromatic heterocycles. The Bertz CT molecular complexity index is 1020. The molecule has 0 saturated heterocycles. The minimum absolute atomic E-state index is 0.0584. The van der Waals surface area contributed by atoms with Gasteiger partial charge in [0.25, 0.3) is 5.22 Å². The molecule has 3 aromatic rings. The molecule has 0 aliphatic rings. The Labute approximate surface area is 182 Å². The molecule has 1 N–H and O–H groups in total. The summed E-state index contributed by atoms with van der Waals surface area (Å²) in [5.41, 5.74) is 5.76. The molecule has 3 rings (SSSR count). The largest absolute Gasteiger partial charge is 0.411 e. The van der Waals surface area contributed by atoms with Crippen LogP contribution in [0.1, 0.15) is 56.0 Å². The van der Waals surface area contributed by atoms with Crippen molar-refractivity contribution in [2.45, 2.75) is 58.2 Å². The highest BCUT2D eigenvalue weighted by Gasteiger charge is 2.16. The molecule has 0 unspecified atom stereocenters. The lowest BCUT2D eigenvalue weighted by molar-refractivity contribution is -0.119. The highest BCUT2D eigenvalue weighted by molar-refractivity contribution is 7.99. The number of nitrogens with zero attached hydrogens (tertiary/aromatic N) is 2. The van der Waals surface area contributed by atoms with E-state index < -0.39 is 0 Å². The number of thioether (sulfide) groups is 1. The summed E-state index contributed by atoms with van der Waals surface area (Å²) in [6, 6.07) is 14.3. The molecule has 0 fully saturated rings. The van der Waals surface area contributed by atoms with E-state index >= 15 is 0 Å². The van der Waals surface area contributed by atoms with Crippen molar-refractivity contribution in [3.8, 4) is 11.5 Å². The zero-order chi connectivity index (χ0) is 21.9. The van der Waals surface area contributed by atoms with Gasteiger partial charge in [-0.05, 0) is 60.6 Å². The van der Waals surface area contributed by atoms with Gasteiger partial charge in [0.2, 0.25) is 11.8 Å². The minimum Gasteiger partial charge on any atom is -0.411 e. The van der Waals surface area contributed by atoms with Crippen molar-refractivity contribution in [2.24, 2.45) is 0 Å². The summed E-state index contributed by atoms with van der Waals surface area (Å²) in [6.45, 7) is 12.7. The number of aryl methyl sites for hydroxylation is 2. The third kappa shape index (κ3) is 5.51. The molecule has 0 radical (unpaired) electrons. The highest BCUT2D eigenvalue weighted by Crippen LogP contribution is 2.27. The number of aromatic nitrogens is 2. The minimum atomic E-state index is -0.0694. The maximum Gasteiger partial charge on any atom is 0.277 e. The van der Waals surface area contributed by atoms with Crippen molar-refractivity contribution in [3.63, 3.8) is 0 Å². The van der Waals surface area contributed by atoms with Crippen LogP contribution in [-0.4, -0.2) is 21.9 Å². The van der Waals surface area contributed by atoms with E-state index in [9.17, 15) is 4.79 Å². The van der Waals surface area contributed by atoms with Gasteiger partial charge in [0.15, 0.2) is 0 Å². The fraction of sp³-hybridized carbons (Fsp3) is 0.375. The van der Waals surface area contributed by atoms with Crippen molar-refractivity contribution in [3.05, 3.63) is 64.7 Å². The lowest BCUT2D eigenvalue weighted by Gasteiger charge is -2.18. The van der Waals surface area contributed by atoms with Gasteiger partial charge in [0, 0.05) is 5.56 Å². The van der Waals surface area contributed by atoms with Crippen LogP contribution in [0.4, 0.5) is 0 Å². The lowest BCUT2D eigenvalue weighted by atomic mass is 9.87. The first-order chi connectivity index (χ1) is 14.1. The standard InChI is InChI=1S/C24H29N3O2S/c1-15-7-8-19(13-16(15)2)17(3)25-21(28)14-30-23-27-26-22(29-23)18-9-11-20(12-10-18)24(4,5)6/h7-13,17H,14H2,1-6H3,(H,25,28)/t17-/m1/s1. The molecule has 0 spiro atoms. The predicted molar refractivity (Wildman–Crippen MR) is 122 cm³/mol. The summed E-state index contributed by atoms with van der Waals surface area (Å²) in [5, 5.41) is 11.6. The second kappa shape index (κ2) is 9.04. The second-order valence-corrected chi connectivity index (χ2v) is 9.55. The van der Waals surface area contributed by atoms with Crippen molar-refractivity contribution >= 4 is 17.7 Å². The first kappa shape index (κ1) is 22.1. The molecule has 0 aliphatic heterocycles. The molecular weight excluding hydrogens is 394 g/mol. The number of hydrogen-bond donors (Lipinski definition) is 1. The van der Waals surface area contributed by atoms with Crippen LogP contribution in [0.3, 0.4) is 0 Å². The molecule has 1 atom stereocenters. The van der Waals surface area contributed by atoms with Gasteiger partial charge in [-0.25, -0.2) is 0 Å². The van der Waals surface area contributed by atoms with Crippen LogP contribution in [0, 0.1) is 13.8 Å². The molecule has 158 valence electrons. The van der Waals surface area contributed by atoms with Gasteiger partial charge in [-0.3, -0.25) is 4.79 Å². The van der Waals surface area contributed by atoms with Gasteiger partial charge >= 0.3 is 0 Å². The van der Waals surface area contributed by atoms with Crippen LogP contribution in [0.15, 0.2) is 52.1 Å². The summed E-state index contributed by atoms with van der Waals surface area (Å²) in [4.78, 5) is 12.3. The van der Waals surface area contributed by atoms with Crippen molar-refractivity contribution in [2.75, 3.05) is 5.75 Å². The topological polar surface area (TPSA) is 68.0 Å². The Kier molecular flexibility index (Phi) is 6.66. The molecule has 1 heterocycles. The average Bonchev–Trinajstić information content (AvgIpc) is 3.17. The van der Waals surface area contributed by atoms with E-state index in [1.165, 1.54) is 28.5 Å². The molecule has 6 heteroatoms. The third-order valence-corrected chi connectivity index (χ3v) is 5.96. The SMILES string of the molecule is Cc1ccc([C@@H](C)NC(=O)CSc2nnc(-c3ccc(C(C)(C)C)cc3)o2)cc1C. The number of hydrogen-bond acceptors (Lipinski definition) is 5. The zero-order valence-corrected chi connectivity index (χ0v) is 19.3. The fourth-order valence-corrected chi connectivity index (χ4v) is 3.60. The third-order valence-electron chi connectivity index (χ3n) is 5.14. The van der Waals surface area contributed by atoms with Crippen molar-refractivity contribution < 1.29 is 9.21 Å². The number of rotatable bonds is 6. The molecular formula is C24H29N3O2S. The fourth-order valence-electron chi connectivity index (χ4n) is 3.03. The number of amides is 1. The van der Waals surface area contributed by atoms with E-state index in [1.54, 1.807) is 0 Å². The Hall–Kier alpha value is -2.60. The Morgan fingerprint density at radius 2 is 1.77 bits per heavy atom. The quantitative estimate of drug-likeness (QED) is 0.521. The van der Waals surface area contributed by atoms with Crippen LogP contribution in [0.25, 0.3) is 11.5 Å². The summed E-state index contributed by atoms with van der Waals surface area (Å²) in [5.74, 6) is 0.613. The Morgan fingerprint density at radius 1 is 1.07 bits per heavy atom. The van der Waals surface area contributed by atoms with Crippen LogP contribution in [-0.2, 0) is 10.2 Å². The average molecular weight is 424 g/mol. The van der Waals surface area contributed by atoms with Gasteiger partial charge in [-0.2, -0.15) is 0 Å². The molecule has 5 nitrogen and oxygen atoms in total. The molecule has 2 aromatic carbocycles. The van der Waals surface area contributed by atoms with E-state index in [0.717, 1.165) is 11.1 Å². The van der Waals surface area contributed by atoms with Gasteiger partial charge in [-0.1, -0.05) is 62.9 Å². The predicted octanol–water partition coefficient (Wildman–Crippen LogP) is 5.62. The van der Waals surface area contributed by atoms with Crippen molar-refractivity contribution in [1.82, 2.24) is 15.5 Å². The van der Waals surface area contributed by atoms with Crippen LogP contribution in [0.2, 0.25) is 0 Å². The smallest absolute Gasteiger partial charge is 0.277 e. The number of carbonyl (C=O) groups is 1. The monoisotopic (exact) mass is 423 g/mol. The summed E-state index contributed by atoms with van der Waals surface area (Å²) < 4.78 is 5.72. The molecule has 30 heavy (non-hydrogen) atoms. The summed E-state index contributed by atoms with van der Waals surface area (Å²) in [6.07, 6.45) is 0. The first-order valence-corrected chi connectivity index (χ1v) is 11.1. The van der Waals surface area contributed by atoms with E-state index in [4.69, 9.17) is 4.42 Å². The van der Waals surface area contributed by atoms with Crippen LogP contribution in [0.5, 0.6) is 0 Å². The molecule has 0 aliphatic carbocycles. The van der Waals surface area contributed by atoms with E-state index in [1.807, 2.05) is 19.1 Å². The molecule has 0 bridgehead atoms. The van der Waals surface area contributed by atoms with E-state index in [-0.39, 0.29) is 23.1 Å². The van der Waals surface area contributed by atoms with E-state index in [0.29, 0.717) is 11.1 Å². The normalized spacial score (nSPS) is 12.6. The summed E-state index contributed by atoms with van der Waals surface area (Å²) >= 11 is 1.24. The van der Waals surface area contributed by atoms with E-state index in [2.05, 4.69) is 80.5 Å². The van der Waals surface area contributed by atoms with Gasteiger partial charge in [0.05, 0.1) is 11.8 Å².